The summed E-state index contributed by atoms with van der Waals surface area (Å²) < 4.78 is 0. The molecule has 112 valence electrons. The van der Waals surface area contributed by atoms with Crippen LogP contribution in [0.15, 0.2) is 0 Å². The van der Waals surface area contributed by atoms with Crippen LogP contribution in [0.3, 0.4) is 0 Å². The predicted molar refractivity (Wildman–Crippen MR) is 72.5 cm³/mol. The number of nitrogens with one attached hydrogen (secondary N) is 1. The van der Waals surface area contributed by atoms with Crippen molar-refractivity contribution in [2.45, 2.75) is 45.6 Å². The van der Waals surface area contributed by atoms with E-state index < -0.39 is 18.0 Å². The second kappa shape index (κ2) is 8.12. The third kappa shape index (κ3) is 9.44. The third-order valence-electron chi connectivity index (χ3n) is 2.81. The van der Waals surface area contributed by atoms with Gasteiger partial charge in [0.2, 0.25) is 5.91 Å². The highest BCUT2D eigenvalue weighted by atomic mass is 16.4. The molecule has 0 radical (unpaired) electrons. The lowest BCUT2D eigenvalue weighted by Gasteiger charge is -2.22. The highest BCUT2D eigenvalue weighted by Gasteiger charge is 2.25. The molecule has 0 spiro atoms. The van der Waals surface area contributed by atoms with Crippen LogP contribution in [0.25, 0.3) is 0 Å². The number of nitrogens with two attached hydrogens (primary N) is 1. The van der Waals surface area contributed by atoms with E-state index in [9.17, 15) is 14.7 Å². The summed E-state index contributed by atoms with van der Waals surface area (Å²) in [6.45, 7) is 5.89. The molecule has 0 saturated heterocycles. The zero-order valence-electron chi connectivity index (χ0n) is 12.0. The molecule has 0 aromatic rings. The maximum Gasteiger partial charge on any atom is 0.306 e. The Bertz CT molecular complexity index is 303. The van der Waals surface area contributed by atoms with E-state index in [0.717, 1.165) is 6.42 Å². The molecule has 0 aliphatic rings. The van der Waals surface area contributed by atoms with Gasteiger partial charge in [-0.25, -0.2) is 0 Å². The van der Waals surface area contributed by atoms with E-state index in [1.165, 1.54) is 6.92 Å². The minimum atomic E-state index is -1.43. The molecule has 6 heteroatoms. The molecule has 2 atom stereocenters. The topological polar surface area (TPSA) is 113 Å². The first kappa shape index (κ1) is 17.9. The first-order chi connectivity index (χ1) is 8.66. The number of aliphatic hydroxyl groups is 1. The lowest BCUT2D eigenvalue weighted by atomic mass is 9.94. The summed E-state index contributed by atoms with van der Waals surface area (Å²) in [5.41, 5.74) is 4.18. The maximum atomic E-state index is 11.7. The first-order valence-electron chi connectivity index (χ1n) is 6.57. The summed E-state index contributed by atoms with van der Waals surface area (Å²) >= 11 is 0. The molecular weight excluding hydrogens is 248 g/mol. The van der Waals surface area contributed by atoms with Crippen molar-refractivity contribution >= 4 is 11.9 Å². The summed E-state index contributed by atoms with van der Waals surface area (Å²) in [6.07, 6.45) is 0.771. The number of rotatable bonds is 9. The summed E-state index contributed by atoms with van der Waals surface area (Å²) in [5.74, 6) is -0.721. The Morgan fingerprint density at radius 1 is 1.37 bits per heavy atom. The fraction of sp³-hybridized carbons (Fsp3) is 0.846. The van der Waals surface area contributed by atoms with Gasteiger partial charge in [-0.2, -0.15) is 0 Å². The number of carbonyl (C=O) groups excluding carboxylic acids is 1. The van der Waals surface area contributed by atoms with Crippen LogP contribution in [-0.4, -0.2) is 40.8 Å². The van der Waals surface area contributed by atoms with Gasteiger partial charge in [0.25, 0.3) is 0 Å². The molecule has 0 rings (SSSR count). The average Bonchev–Trinajstić information content (AvgIpc) is 2.23. The van der Waals surface area contributed by atoms with Gasteiger partial charge in [0, 0.05) is 13.0 Å². The molecule has 0 aliphatic heterocycles. The standard InChI is InChI=1S/C13H26N2O4/c1-9(2)4-10(7-14)5-11(16)15-8-13(3,19)6-12(17)18/h9-10,19H,4-8,14H2,1-3H3,(H,15,16)(H,17,18). The normalized spacial score (nSPS) is 15.9. The third-order valence-corrected chi connectivity index (χ3v) is 2.81. The highest BCUT2D eigenvalue weighted by molar-refractivity contribution is 5.76. The maximum absolute atomic E-state index is 11.7. The van der Waals surface area contributed by atoms with E-state index in [2.05, 4.69) is 19.2 Å². The fourth-order valence-corrected chi connectivity index (χ4v) is 1.94. The predicted octanol–water partition coefficient (Wildman–Crippen LogP) is 0.339. The second-order valence-electron chi connectivity index (χ2n) is 5.78. The molecule has 0 aromatic heterocycles. The Balaban J connectivity index is 4.13. The van der Waals surface area contributed by atoms with Crippen molar-refractivity contribution in [1.82, 2.24) is 5.32 Å². The summed E-state index contributed by atoms with van der Waals surface area (Å²) in [5, 5.41) is 20.9. The summed E-state index contributed by atoms with van der Waals surface area (Å²) in [7, 11) is 0. The smallest absolute Gasteiger partial charge is 0.306 e. The van der Waals surface area contributed by atoms with E-state index in [0.29, 0.717) is 18.9 Å². The number of aliphatic carboxylic acids is 1. The van der Waals surface area contributed by atoms with Gasteiger partial charge in [0.15, 0.2) is 0 Å². The van der Waals surface area contributed by atoms with Crippen molar-refractivity contribution in [3.8, 4) is 0 Å². The van der Waals surface area contributed by atoms with Gasteiger partial charge < -0.3 is 21.3 Å². The average molecular weight is 274 g/mol. The summed E-state index contributed by atoms with van der Waals surface area (Å²) in [4.78, 5) is 22.2. The van der Waals surface area contributed by atoms with Gasteiger partial charge in [-0.05, 0) is 31.7 Å². The molecule has 0 saturated carbocycles. The van der Waals surface area contributed by atoms with Crippen molar-refractivity contribution in [2.24, 2.45) is 17.6 Å². The van der Waals surface area contributed by atoms with Gasteiger partial charge in [-0.15, -0.1) is 0 Å². The molecule has 0 bridgehead atoms. The molecule has 5 N–H and O–H groups in total. The van der Waals surface area contributed by atoms with E-state index in [1.807, 2.05) is 0 Å². The zero-order valence-corrected chi connectivity index (χ0v) is 12.0. The number of carboxylic acids is 1. The Labute approximate surface area is 114 Å². The SMILES string of the molecule is CC(C)CC(CN)CC(=O)NCC(C)(O)CC(=O)O. The van der Waals surface area contributed by atoms with Crippen molar-refractivity contribution in [3.63, 3.8) is 0 Å². The molecule has 0 aliphatic carbocycles. The first-order valence-corrected chi connectivity index (χ1v) is 6.57. The van der Waals surface area contributed by atoms with E-state index in [1.54, 1.807) is 0 Å². The minimum absolute atomic E-state index is 0.0723. The van der Waals surface area contributed by atoms with E-state index in [-0.39, 0.29) is 18.4 Å². The van der Waals surface area contributed by atoms with E-state index in [4.69, 9.17) is 10.8 Å². The highest BCUT2D eigenvalue weighted by Crippen LogP contribution is 2.14. The van der Waals surface area contributed by atoms with Gasteiger partial charge >= 0.3 is 5.97 Å². The Morgan fingerprint density at radius 3 is 2.37 bits per heavy atom. The van der Waals surface area contributed by atoms with Gasteiger partial charge in [0.1, 0.15) is 0 Å². The molecule has 0 aromatic carbocycles. The Morgan fingerprint density at radius 2 is 1.95 bits per heavy atom. The molecule has 6 nitrogen and oxygen atoms in total. The lowest BCUT2D eigenvalue weighted by Crippen LogP contribution is -2.42. The van der Waals surface area contributed by atoms with Crippen LogP contribution in [-0.2, 0) is 9.59 Å². The Kier molecular flexibility index (Phi) is 7.63. The van der Waals surface area contributed by atoms with Crippen LogP contribution < -0.4 is 11.1 Å². The van der Waals surface area contributed by atoms with Crippen LogP contribution in [0.1, 0.15) is 40.0 Å². The van der Waals surface area contributed by atoms with Crippen LogP contribution in [0.5, 0.6) is 0 Å². The molecule has 2 unspecified atom stereocenters. The zero-order chi connectivity index (χ0) is 15.1. The van der Waals surface area contributed by atoms with Crippen molar-refractivity contribution in [3.05, 3.63) is 0 Å². The van der Waals surface area contributed by atoms with Gasteiger partial charge in [0.05, 0.1) is 12.0 Å². The quantitative estimate of drug-likeness (QED) is 0.484. The molecule has 0 fully saturated rings. The van der Waals surface area contributed by atoms with Crippen LogP contribution in [0.2, 0.25) is 0 Å². The number of hydrogen-bond acceptors (Lipinski definition) is 4. The number of amides is 1. The van der Waals surface area contributed by atoms with Crippen molar-refractivity contribution in [2.75, 3.05) is 13.1 Å². The van der Waals surface area contributed by atoms with Crippen LogP contribution in [0.4, 0.5) is 0 Å². The monoisotopic (exact) mass is 274 g/mol. The molecule has 19 heavy (non-hydrogen) atoms. The van der Waals surface area contributed by atoms with E-state index >= 15 is 0 Å². The molecular formula is C13H26N2O4. The van der Waals surface area contributed by atoms with Crippen molar-refractivity contribution < 1.29 is 19.8 Å². The van der Waals surface area contributed by atoms with Crippen molar-refractivity contribution in [1.29, 1.82) is 0 Å². The number of carboxylic acid groups (broad SMARTS) is 1. The van der Waals surface area contributed by atoms with Crippen LogP contribution >= 0.6 is 0 Å². The number of carbonyl (C=O) groups is 2. The van der Waals surface area contributed by atoms with Gasteiger partial charge in [-0.1, -0.05) is 13.8 Å². The minimum Gasteiger partial charge on any atom is -0.481 e. The molecule has 1 amide bonds. The molecule has 0 heterocycles. The second-order valence-corrected chi connectivity index (χ2v) is 5.78. The fourth-order valence-electron chi connectivity index (χ4n) is 1.94. The van der Waals surface area contributed by atoms with Crippen LogP contribution in [0, 0.1) is 11.8 Å². The summed E-state index contributed by atoms with van der Waals surface area (Å²) in [6, 6.07) is 0. The number of hydrogen-bond donors (Lipinski definition) is 4. The largest absolute Gasteiger partial charge is 0.481 e. The lowest BCUT2D eigenvalue weighted by molar-refractivity contribution is -0.142. The Hall–Kier alpha value is -1.14. The van der Waals surface area contributed by atoms with Gasteiger partial charge in [-0.3, -0.25) is 9.59 Å².